The van der Waals surface area contributed by atoms with Crippen LogP contribution in [0.5, 0.6) is 11.5 Å². The molecular weight excluding hydrogens is 420 g/mol. The molecule has 0 bridgehead atoms. The molecule has 2 unspecified atom stereocenters. The number of ketones is 1. The molecule has 2 heterocycles. The third kappa shape index (κ3) is 4.46. The van der Waals surface area contributed by atoms with Crippen LogP contribution >= 0.6 is 0 Å². The van der Waals surface area contributed by atoms with Gasteiger partial charge in [-0.2, -0.15) is 0 Å². The third-order valence-electron chi connectivity index (χ3n) is 6.12. The molecule has 2 aliphatic rings. The summed E-state index contributed by atoms with van der Waals surface area (Å²) in [6, 6.07) is 12.0. The van der Waals surface area contributed by atoms with Crippen molar-refractivity contribution in [1.29, 1.82) is 0 Å². The maximum absolute atomic E-state index is 13.2. The van der Waals surface area contributed by atoms with Gasteiger partial charge in [0.25, 0.3) is 11.7 Å². The number of hydrogen-bond acceptors (Lipinski definition) is 6. The van der Waals surface area contributed by atoms with E-state index in [0.717, 1.165) is 29.8 Å². The number of aliphatic hydroxyl groups is 1. The quantitative estimate of drug-likeness (QED) is 0.396. The zero-order chi connectivity index (χ0) is 23.7. The lowest BCUT2D eigenvalue weighted by Gasteiger charge is -2.26. The van der Waals surface area contributed by atoms with E-state index < -0.39 is 17.7 Å². The molecule has 2 aliphatic heterocycles. The summed E-state index contributed by atoms with van der Waals surface area (Å²) in [5, 5.41) is 11.3. The Bertz CT molecular complexity index is 1110. The van der Waals surface area contributed by atoms with Crippen molar-refractivity contribution in [3.05, 3.63) is 64.7 Å². The lowest BCUT2D eigenvalue weighted by Crippen LogP contribution is -2.32. The van der Waals surface area contributed by atoms with E-state index in [0.29, 0.717) is 24.3 Å². The predicted molar refractivity (Wildman–Crippen MR) is 125 cm³/mol. The molecule has 1 amide bonds. The highest BCUT2D eigenvalue weighted by Crippen LogP contribution is 2.41. The highest BCUT2D eigenvalue weighted by molar-refractivity contribution is 6.46. The molecule has 2 atom stereocenters. The molecule has 174 valence electrons. The van der Waals surface area contributed by atoms with Crippen LogP contribution in [0.2, 0.25) is 0 Å². The molecule has 0 spiro atoms. The average molecular weight is 451 g/mol. The second-order valence-corrected chi connectivity index (χ2v) is 8.88. The van der Waals surface area contributed by atoms with Gasteiger partial charge in [-0.15, -0.1) is 0 Å². The topological polar surface area (TPSA) is 79.3 Å². The minimum Gasteiger partial charge on any atom is -0.507 e. The van der Waals surface area contributed by atoms with Crippen LogP contribution in [0.15, 0.2) is 48.0 Å². The number of Topliss-reactive ketones (excluding diaryl/α,β-unsaturated/α-hetero) is 1. The zero-order valence-corrected chi connectivity index (χ0v) is 19.5. The number of fused-ring (bicyclic) bond motifs is 1. The number of aliphatic hydroxyl groups excluding tert-OH is 1. The minimum atomic E-state index is -0.689. The number of nitrogens with zero attached hydrogens (tertiary/aromatic N) is 2. The van der Waals surface area contributed by atoms with E-state index in [1.807, 2.05) is 56.3 Å². The third-order valence-corrected chi connectivity index (χ3v) is 6.12. The molecule has 0 aromatic heterocycles. The first kappa shape index (κ1) is 22.9. The van der Waals surface area contributed by atoms with Gasteiger partial charge in [0.05, 0.1) is 18.7 Å². The van der Waals surface area contributed by atoms with E-state index >= 15 is 0 Å². The largest absolute Gasteiger partial charge is 0.507 e. The van der Waals surface area contributed by atoms with E-state index in [9.17, 15) is 14.7 Å². The SMILES string of the molecule is COc1cccc(C2/C(=C(/O)c3ccc4c(c3)CC(C)O4)C(=O)C(=O)N2CCCN(C)C)c1. The summed E-state index contributed by atoms with van der Waals surface area (Å²) in [4.78, 5) is 29.8. The summed E-state index contributed by atoms with van der Waals surface area (Å²) in [6.45, 7) is 3.16. The Hall–Kier alpha value is -3.32. The maximum Gasteiger partial charge on any atom is 0.295 e. The van der Waals surface area contributed by atoms with Gasteiger partial charge in [-0.05, 0) is 75.4 Å². The molecule has 0 aliphatic carbocycles. The minimum absolute atomic E-state index is 0.0662. The first-order chi connectivity index (χ1) is 15.8. The lowest BCUT2D eigenvalue weighted by atomic mass is 9.94. The van der Waals surface area contributed by atoms with Crippen LogP contribution < -0.4 is 9.47 Å². The van der Waals surface area contributed by atoms with Gasteiger partial charge in [0.15, 0.2) is 0 Å². The highest BCUT2D eigenvalue weighted by atomic mass is 16.5. The number of likely N-dealkylation sites (tertiary alicyclic amines) is 1. The zero-order valence-electron chi connectivity index (χ0n) is 19.5. The molecule has 33 heavy (non-hydrogen) atoms. The van der Waals surface area contributed by atoms with Gasteiger partial charge >= 0.3 is 0 Å². The van der Waals surface area contributed by atoms with Gasteiger partial charge in [0.2, 0.25) is 0 Å². The normalized spacial score (nSPS) is 21.4. The van der Waals surface area contributed by atoms with E-state index in [1.54, 1.807) is 24.1 Å². The van der Waals surface area contributed by atoms with E-state index in [1.165, 1.54) is 0 Å². The Morgan fingerprint density at radius 2 is 2.00 bits per heavy atom. The van der Waals surface area contributed by atoms with Crippen molar-refractivity contribution in [3.63, 3.8) is 0 Å². The molecular formula is C26H30N2O5. The predicted octanol–water partition coefficient (Wildman–Crippen LogP) is 3.39. The molecule has 0 radical (unpaired) electrons. The number of carbonyl (C=O) groups excluding carboxylic acids is 2. The fourth-order valence-corrected chi connectivity index (χ4v) is 4.55. The van der Waals surface area contributed by atoms with Crippen molar-refractivity contribution in [3.8, 4) is 11.5 Å². The number of methoxy groups -OCH3 is 1. The molecule has 7 heteroatoms. The highest BCUT2D eigenvalue weighted by Gasteiger charge is 2.46. The first-order valence-electron chi connectivity index (χ1n) is 11.2. The van der Waals surface area contributed by atoms with Gasteiger partial charge in [-0.25, -0.2) is 0 Å². The summed E-state index contributed by atoms with van der Waals surface area (Å²) >= 11 is 0. The average Bonchev–Trinajstić information content (AvgIpc) is 3.29. The second-order valence-electron chi connectivity index (χ2n) is 8.88. The summed E-state index contributed by atoms with van der Waals surface area (Å²) in [5.74, 6) is -0.0299. The van der Waals surface area contributed by atoms with Crippen molar-refractivity contribution in [2.45, 2.75) is 31.9 Å². The van der Waals surface area contributed by atoms with Gasteiger partial charge < -0.3 is 24.4 Å². The Morgan fingerprint density at radius 3 is 2.73 bits per heavy atom. The van der Waals surface area contributed by atoms with Crippen molar-refractivity contribution in [2.75, 3.05) is 34.3 Å². The van der Waals surface area contributed by atoms with Crippen LogP contribution in [-0.4, -0.2) is 67.0 Å². The Balaban J connectivity index is 1.79. The van der Waals surface area contributed by atoms with Crippen molar-refractivity contribution < 1.29 is 24.2 Å². The molecule has 1 N–H and O–H groups in total. The number of hydrogen-bond donors (Lipinski definition) is 1. The molecule has 4 rings (SSSR count). The molecule has 1 fully saturated rings. The van der Waals surface area contributed by atoms with E-state index in [2.05, 4.69) is 0 Å². The Labute approximate surface area is 194 Å². The summed E-state index contributed by atoms with van der Waals surface area (Å²) in [6.07, 6.45) is 1.50. The summed E-state index contributed by atoms with van der Waals surface area (Å²) < 4.78 is 11.1. The smallest absolute Gasteiger partial charge is 0.295 e. The van der Waals surface area contributed by atoms with Crippen LogP contribution in [0.25, 0.3) is 5.76 Å². The lowest BCUT2D eigenvalue weighted by molar-refractivity contribution is -0.139. The van der Waals surface area contributed by atoms with Crippen LogP contribution in [0.1, 0.15) is 36.1 Å². The number of rotatable bonds is 7. The van der Waals surface area contributed by atoms with E-state index in [4.69, 9.17) is 9.47 Å². The van der Waals surface area contributed by atoms with Gasteiger partial charge in [0, 0.05) is 18.5 Å². The van der Waals surface area contributed by atoms with Gasteiger partial charge in [-0.3, -0.25) is 9.59 Å². The summed E-state index contributed by atoms with van der Waals surface area (Å²) in [5.41, 5.74) is 2.30. The van der Waals surface area contributed by atoms with Gasteiger partial charge in [-0.1, -0.05) is 12.1 Å². The van der Waals surface area contributed by atoms with Crippen molar-refractivity contribution in [2.24, 2.45) is 0 Å². The number of amides is 1. The van der Waals surface area contributed by atoms with Crippen LogP contribution in [-0.2, 0) is 16.0 Å². The number of ether oxygens (including phenoxy) is 2. The van der Waals surface area contributed by atoms with Crippen LogP contribution in [0.4, 0.5) is 0 Å². The standard InChI is InChI=1S/C26H30N2O5/c1-16-13-19-14-18(9-10-21(19)33-16)24(29)22-23(17-7-5-8-20(15-17)32-4)28(26(31)25(22)30)12-6-11-27(2)3/h5,7-10,14-16,23,29H,6,11-13H2,1-4H3/b24-22-. The maximum atomic E-state index is 13.2. The number of benzene rings is 2. The van der Waals surface area contributed by atoms with Crippen LogP contribution in [0.3, 0.4) is 0 Å². The van der Waals surface area contributed by atoms with Crippen molar-refractivity contribution in [1.82, 2.24) is 9.80 Å². The number of carbonyl (C=O) groups is 2. The Kier molecular flexibility index (Phi) is 6.42. The molecule has 0 saturated carbocycles. The summed E-state index contributed by atoms with van der Waals surface area (Å²) in [7, 11) is 5.50. The molecule has 2 aromatic rings. The van der Waals surface area contributed by atoms with Gasteiger partial charge in [0.1, 0.15) is 23.4 Å². The van der Waals surface area contributed by atoms with Crippen molar-refractivity contribution >= 4 is 17.4 Å². The monoisotopic (exact) mass is 450 g/mol. The second kappa shape index (κ2) is 9.27. The molecule has 2 aromatic carbocycles. The fourth-order valence-electron chi connectivity index (χ4n) is 4.55. The Morgan fingerprint density at radius 1 is 1.21 bits per heavy atom. The van der Waals surface area contributed by atoms with Crippen LogP contribution in [0, 0.1) is 0 Å². The molecule has 7 nitrogen and oxygen atoms in total. The molecule has 1 saturated heterocycles. The van der Waals surface area contributed by atoms with E-state index in [-0.39, 0.29) is 17.4 Å². The first-order valence-corrected chi connectivity index (χ1v) is 11.2. The fraction of sp³-hybridized carbons (Fsp3) is 0.385.